The molecule has 1 atom stereocenters. The minimum Gasteiger partial charge on any atom is -0.322 e. The van der Waals surface area contributed by atoms with E-state index >= 15 is 0 Å². The summed E-state index contributed by atoms with van der Waals surface area (Å²) in [5, 5.41) is 4.35. The number of hydrogen-bond acceptors (Lipinski definition) is 4. The highest BCUT2D eigenvalue weighted by atomic mass is 35.5. The molecule has 0 bridgehead atoms. The Labute approximate surface area is 192 Å². The van der Waals surface area contributed by atoms with Crippen LogP contribution in [0.3, 0.4) is 0 Å². The molecule has 0 radical (unpaired) electrons. The Bertz CT molecular complexity index is 1400. The molecule has 3 aromatic carbocycles. The van der Waals surface area contributed by atoms with Gasteiger partial charge in [0.25, 0.3) is 5.56 Å². The molecule has 9 heteroatoms. The van der Waals surface area contributed by atoms with Gasteiger partial charge in [0, 0.05) is 18.0 Å². The van der Waals surface area contributed by atoms with E-state index in [0.29, 0.717) is 5.56 Å². The molecular weight excluding hydrogens is 450 g/mol. The molecule has 1 aromatic heterocycles. The van der Waals surface area contributed by atoms with E-state index in [4.69, 9.17) is 17.3 Å². The molecule has 6 nitrogen and oxygen atoms in total. The van der Waals surface area contributed by atoms with Crippen molar-refractivity contribution in [3.63, 3.8) is 0 Å². The largest absolute Gasteiger partial charge is 0.352 e. The highest BCUT2D eigenvalue weighted by molar-refractivity contribution is 6.32. The third-order valence-electron chi connectivity index (χ3n) is 5.22. The number of rotatable bonds is 6. The van der Waals surface area contributed by atoms with Crippen LogP contribution in [0.2, 0.25) is 5.02 Å². The minimum absolute atomic E-state index is 0.165. The van der Waals surface area contributed by atoms with Gasteiger partial charge in [0.2, 0.25) is 0 Å². The second kappa shape index (κ2) is 9.48. The van der Waals surface area contributed by atoms with Gasteiger partial charge < -0.3 is 5.73 Å². The molecule has 33 heavy (non-hydrogen) atoms. The summed E-state index contributed by atoms with van der Waals surface area (Å²) in [6.45, 7) is -0.165. The van der Waals surface area contributed by atoms with Crippen LogP contribution < -0.4 is 17.0 Å². The standard InChI is InChI=1S/C24H19ClF2N4O2/c25-17-9-4-5-12-22(17)31-24(33)30(14-20(28)15-7-2-1-3-8-15)23(32)21(29-31)13-16-18(26)10-6-11-19(16)27/h1-12,20H,13-14,28H2. The van der Waals surface area contributed by atoms with Gasteiger partial charge in [-0.15, -0.1) is 0 Å². The number of para-hydroxylation sites is 1. The van der Waals surface area contributed by atoms with Gasteiger partial charge in [0.15, 0.2) is 0 Å². The van der Waals surface area contributed by atoms with Gasteiger partial charge in [-0.25, -0.2) is 13.6 Å². The smallest absolute Gasteiger partial charge is 0.322 e. The first-order chi connectivity index (χ1) is 15.9. The lowest BCUT2D eigenvalue weighted by Gasteiger charge is -2.17. The summed E-state index contributed by atoms with van der Waals surface area (Å²) in [4.78, 5) is 26.5. The van der Waals surface area contributed by atoms with E-state index in [9.17, 15) is 18.4 Å². The molecule has 2 N–H and O–H groups in total. The van der Waals surface area contributed by atoms with Crippen molar-refractivity contribution in [1.82, 2.24) is 14.3 Å². The van der Waals surface area contributed by atoms with Crippen LogP contribution in [0.5, 0.6) is 0 Å². The summed E-state index contributed by atoms with van der Waals surface area (Å²) < 4.78 is 30.4. The normalized spacial score (nSPS) is 12.0. The molecule has 0 saturated heterocycles. The van der Waals surface area contributed by atoms with E-state index in [-0.39, 0.29) is 28.5 Å². The van der Waals surface area contributed by atoms with Crippen LogP contribution in [0.4, 0.5) is 8.78 Å². The highest BCUT2D eigenvalue weighted by Crippen LogP contribution is 2.19. The van der Waals surface area contributed by atoms with Gasteiger partial charge >= 0.3 is 5.69 Å². The Kier molecular flexibility index (Phi) is 6.48. The average molecular weight is 469 g/mol. The molecule has 0 aliphatic heterocycles. The molecule has 168 valence electrons. The number of nitrogens with zero attached hydrogens (tertiary/aromatic N) is 3. The summed E-state index contributed by atoms with van der Waals surface area (Å²) in [6, 6.07) is 18.1. The van der Waals surface area contributed by atoms with Crippen LogP contribution in [-0.4, -0.2) is 14.3 Å². The summed E-state index contributed by atoms with van der Waals surface area (Å²) in [6.07, 6.45) is -0.456. The molecule has 0 aliphatic rings. The zero-order chi connectivity index (χ0) is 23.5. The Morgan fingerprint density at radius 2 is 1.55 bits per heavy atom. The van der Waals surface area contributed by atoms with Crippen LogP contribution in [0.25, 0.3) is 5.69 Å². The fraction of sp³-hybridized carbons (Fsp3) is 0.125. The summed E-state index contributed by atoms with van der Waals surface area (Å²) in [7, 11) is 0. The fourth-order valence-electron chi connectivity index (χ4n) is 3.49. The average Bonchev–Trinajstić information content (AvgIpc) is 2.81. The van der Waals surface area contributed by atoms with Crippen LogP contribution in [0, 0.1) is 11.6 Å². The van der Waals surface area contributed by atoms with Crippen molar-refractivity contribution >= 4 is 11.6 Å². The summed E-state index contributed by atoms with van der Waals surface area (Å²) in [5.41, 5.74) is 5.10. The number of hydrogen-bond donors (Lipinski definition) is 1. The SMILES string of the molecule is NC(Cn1c(=O)c(Cc2c(F)cccc2F)nn(-c2ccccc2Cl)c1=O)c1ccccc1. The highest BCUT2D eigenvalue weighted by Gasteiger charge is 2.21. The zero-order valence-electron chi connectivity index (χ0n) is 17.3. The number of nitrogens with two attached hydrogens (primary N) is 1. The number of halogens is 3. The van der Waals surface area contributed by atoms with Crippen molar-refractivity contribution in [1.29, 1.82) is 0 Å². The van der Waals surface area contributed by atoms with Crippen LogP contribution in [0.15, 0.2) is 82.4 Å². The molecular formula is C24H19ClF2N4O2. The van der Waals surface area contributed by atoms with Crippen molar-refractivity contribution in [3.05, 3.63) is 127 Å². The summed E-state index contributed by atoms with van der Waals surface area (Å²) in [5.74, 6) is -1.64. The molecule has 4 rings (SSSR count). The Hall–Kier alpha value is -3.62. The zero-order valence-corrected chi connectivity index (χ0v) is 18.0. The Balaban J connectivity index is 1.89. The van der Waals surface area contributed by atoms with Gasteiger partial charge in [-0.2, -0.15) is 9.78 Å². The molecule has 1 unspecified atom stereocenters. The monoisotopic (exact) mass is 468 g/mol. The van der Waals surface area contributed by atoms with Gasteiger partial charge in [-0.3, -0.25) is 9.36 Å². The lowest BCUT2D eigenvalue weighted by molar-refractivity contribution is 0.500. The summed E-state index contributed by atoms with van der Waals surface area (Å²) >= 11 is 6.26. The second-order valence-corrected chi connectivity index (χ2v) is 7.81. The maximum atomic E-state index is 14.3. The van der Waals surface area contributed by atoms with E-state index in [1.165, 1.54) is 6.07 Å². The third-order valence-corrected chi connectivity index (χ3v) is 5.54. The fourth-order valence-corrected chi connectivity index (χ4v) is 3.70. The molecule has 1 heterocycles. The second-order valence-electron chi connectivity index (χ2n) is 7.40. The van der Waals surface area contributed by atoms with E-state index in [1.807, 2.05) is 6.07 Å². The Morgan fingerprint density at radius 3 is 2.21 bits per heavy atom. The lowest BCUT2D eigenvalue weighted by atomic mass is 10.1. The first kappa shape index (κ1) is 22.6. The number of aromatic nitrogens is 3. The topological polar surface area (TPSA) is 82.9 Å². The van der Waals surface area contributed by atoms with E-state index < -0.39 is 35.3 Å². The predicted octanol–water partition coefficient (Wildman–Crippen LogP) is 3.62. The van der Waals surface area contributed by atoms with Crippen molar-refractivity contribution < 1.29 is 8.78 Å². The van der Waals surface area contributed by atoms with Crippen LogP contribution >= 0.6 is 11.6 Å². The maximum Gasteiger partial charge on any atom is 0.352 e. The number of benzene rings is 3. The van der Waals surface area contributed by atoms with Crippen LogP contribution in [0.1, 0.15) is 22.9 Å². The maximum absolute atomic E-state index is 14.3. The van der Waals surface area contributed by atoms with Crippen molar-refractivity contribution in [2.75, 3.05) is 0 Å². The van der Waals surface area contributed by atoms with Gasteiger partial charge in [0.1, 0.15) is 17.3 Å². The Morgan fingerprint density at radius 1 is 0.909 bits per heavy atom. The van der Waals surface area contributed by atoms with E-state index in [1.54, 1.807) is 48.5 Å². The van der Waals surface area contributed by atoms with Crippen molar-refractivity contribution in [3.8, 4) is 5.69 Å². The van der Waals surface area contributed by atoms with E-state index in [2.05, 4.69) is 5.10 Å². The first-order valence-electron chi connectivity index (χ1n) is 10.1. The lowest BCUT2D eigenvalue weighted by Crippen LogP contribution is -2.45. The van der Waals surface area contributed by atoms with Gasteiger partial charge in [-0.05, 0) is 29.8 Å². The molecule has 0 spiro atoms. The molecule has 0 fully saturated rings. The van der Waals surface area contributed by atoms with Gasteiger partial charge in [-0.1, -0.05) is 60.1 Å². The quantitative estimate of drug-likeness (QED) is 0.468. The first-order valence-corrected chi connectivity index (χ1v) is 10.5. The van der Waals surface area contributed by atoms with E-state index in [0.717, 1.165) is 21.4 Å². The third kappa shape index (κ3) is 4.62. The van der Waals surface area contributed by atoms with Crippen LogP contribution in [-0.2, 0) is 13.0 Å². The van der Waals surface area contributed by atoms with Gasteiger partial charge in [0.05, 0.1) is 17.3 Å². The molecule has 0 amide bonds. The van der Waals surface area contributed by atoms with Crippen molar-refractivity contribution in [2.24, 2.45) is 5.73 Å². The molecule has 4 aromatic rings. The predicted molar refractivity (Wildman–Crippen MR) is 122 cm³/mol. The molecule has 0 saturated carbocycles. The minimum atomic E-state index is -0.820. The molecule has 0 aliphatic carbocycles. The van der Waals surface area contributed by atoms with Crippen molar-refractivity contribution in [2.45, 2.75) is 19.0 Å².